The molecule has 2 heteroatoms. The standard InChI is InChI=1S/C11H17NS/c1-9(11-3-2-8-13-11)6-7-12-10-4-5-10/h2-3,8-10,12H,4-7H2,1H3. The van der Waals surface area contributed by atoms with E-state index in [0.717, 1.165) is 12.0 Å². The topological polar surface area (TPSA) is 12.0 Å². The molecule has 0 aliphatic heterocycles. The molecule has 1 aromatic rings. The minimum atomic E-state index is 0.728. The lowest BCUT2D eigenvalue weighted by Crippen LogP contribution is -2.18. The molecule has 1 fully saturated rings. The van der Waals surface area contributed by atoms with Gasteiger partial charge in [-0.25, -0.2) is 0 Å². The van der Waals surface area contributed by atoms with Crippen LogP contribution in [0.2, 0.25) is 0 Å². The second kappa shape index (κ2) is 4.25. The maximum absolute atomic E-state index is 3.55. The van der Waals surface area contributed by atoms with E-state index in [2.05, 4.69) is 29.8 Å². The van der Waals surface area contributed by atoms with E-state index in [-0.39, 0.29) is 0 Å². The van der Waals surface area contributed by atoms with Crippen molar-refractivity contribution in [2.45, 2.75) is 38.1 Å². The van der Waals surface area contributed by atoms with Crippen molar-refractivity contribution in [3.05, 3.63) is 22.4 Å². The first-order valence-electron chi connectivity index (χ1n) is 5.13. The maximum atomic E-state index is 3.55. The molecule has 0 bridgehead atoms. The van der Waals surface area contributed by atoms with Gasteiger partial charge in [0.1, 0.15) is 0 Å². The predicted octanol–water partition coefficient (Wildman–Crippen LogP) is 2.99. The van der Waals surface area contributed by atoms with Crippen molar-refractivity contribution >= 4 is 11.3 Å². The normalized spacial score (nSPS) is 18.8. The van der Waals surface area contributed by atoms with E-state index >= 15 is 0 Å². The van der Waals surface area contributed by atoms with Crippen LogP contribution < -0.4 is 5.32 Å². The lowest BCUT2D eigenvalue weighted by molar-refractivity contribution is 0.597. The quantitative estimate of drug-likeness (QED) is 0.761. The molecule has 0 spiro atoms. The molecule has 1 atom stereocenters. The lowest BCUT2D eigenvalue weighted by Gasteiger charge is -2.09. The fourth-order valence-corrected chi connectivity index (χ4v) is 2.33. The van der Waals surface area contributed by atoms with Gasteiger partial charge < -0.3 is 5.32 Å². The fourth-order valence-electron chi connectivity index (χ4n) is 1.51. The summed E-state index contributed by atoms with van der Waals surface area (Å²) < 4.78 is 0. The summed E-state index contributed by atoms with van der Waals surface area (Å²) in [6, 6.07) is 5.24. The summed E-state index contributed by atoms with van der Waals surface area (Å²) in [5, 5.41) is 5.72. The number of hydrogen-bond acceptors (Lipinski definition) is 2. The van der Waals surface area contributed by atoms with Crippen LogP contribution in [-0.4, -0.2) is 12.6 Å². The molecular formula is C11H17NS. The Balaban J connectivity index is 1.68. The average Bonchev–Trinajstić information content (AvgIpc) is 2.80. The molecule has 1 saturated carbocycles. The van der Waals surface area contributed by atoms with Gasteiger partial charge in [-0.05, 0) is 43.2 Å². The van der Waals surface area contributed by atoms with Gasteiger partial charge in [0.2, 0.25) is 0 Å². The lowest BCUT2D eigenvalue weighted by atomic mass is 10.1. The van der Waals surface area contributed by atoms with Gasteiger partial charge in [0.05, 0.1) is 0 Å². The van der Waals surface area contributed by atoms with E-state index in [1.807, 2.05) is 11.3 Å². The van der Waals surface area contributed by atoms with Crippen molar-refractivity contribution in [2.24, 2.45) is 0 Å². The van der Waals surface area contributed by atoms with Crippen LogP contribution in [-0.2, 0) is 0 Å². The van der Waals surface area contributed by atoms with Crippen LogP contribution in [0.4, 0.5) is 0 Å². The van der Waals surface area contributed by atoms with Crippen LogP contribution in [0.25, 0.3) is 0 Å². The molecule has 72 valence electrons. The largest absolute Gasteiger partial charge is 0.314 e. The molecule has 2 rings (SSSR count). The van der Waals surface area contributed by atoms with Gasteiger partial charge in [0, 0.05) is 10.9 Å². The van der Waals surface area contributed by atoms with Crippen LogP contribution in [0.15, 0.2) is 17.5 Å². The van der Waals surface area contributed by atoms with Gasteiger partial charge in [-0.1, -0.05) is 13.0 Å². The van der Waals surface area contributed by atoms with E-state index in [1.165, 1.54) is 30.7 Å². The summed E-state index contributed by atoms with van der Waals surface area (Å²) in [7, 11) is 0. The highest BCUT2D eigenvalue weighted by Crippen LogP contribution is 2.24. The van der Waals surface area contributed by atoms with Crippen molar-refractivity contribution in [3.8, 4) is 0 Å². The maximum Gasteiger partial charge on any atom is 0.00739 e. The first kappa shape index (κ1) is 9.22. The second-order valence-corrected chi connectivity index (χ2v) is 4.91. The zero-order chi connectivity index (χ0) is 9.10. The Hall–Kier alpha value is -0.340. The molecule has 0 saturated heterocycles. The molecule has 1 aliphatic rings. The Morgan fingerprint density at radius 1 is 1.62 bits per heavy atom. The van der Waals surface area contributed by atoms with Crippen molar-refractivity contribution in [1.82, 2.24) is 5.32 Å². The van der Waals surface area contributed by atoms with Gasteiger partial charge in [-0.2, -0.15) is 0 Å². The zero-order valence-corrected chi connectivity index (χ0v) is 8.94. The van der Waals surface area contributed by atoms with Crippen molar-refractivity contribution in [1.29, 1.82) is 0 Å². The molecule has 1 aliphatic carbocycles. The third kappa shape index (κ3) is 2.82. The third-order valence-electron chi connectivity index (χ3n) is 2.62. The summed E-state index contributed by atoms with van der Waals surface area (Å²) in [6.45, 7) is 3.50. The highest BCUT2D eigenvalue weighted by atomic mass is 32.1. The molecule has 0 radical (unpaired) electrons. The highest BCUT2D eigenvalue weighted by Gasteiger charge is 2.20. The van der Waals surface area contributed by atoms with Crippen LogP contribution in [0.1, 0.15) is 37.0 Å². The van der Waals surface area contributed by atoms with E-state index < -0.39 is 0 Å². The molecule has 1 unspecified atom stereocenters. The Labute approximate surface area is 84.2 Å². The molecule has 1 N–H and O–H groups in total. The molecule has 0 aromatic carbocycles. The zero-order valence-electron chi connectivity index (χ0n) is 8.12. The van der Waals surface area contributed by atoms with Crippen molar-refractivity contribution in [3.63, 3.8) is 0 Å². The van der Waals surface area contributed by atoms with E-state index in [1.54, 1.807) is 0 Å². The minimum Gasteiger partial charge on any atom is -0.314 e. The van der Waals surface area contributed by atoms with Crippen LogP contribution in [0.5, 0.6) is 0 Å². The van der Waals surface area contributed by atoms with Crippen LogP contribution >= 0.6 is 11.3 Å². The molecular weight excluding hydrogens is 178 g/mol. The van der Waals surface area contributed by atoms with E-state index in [9.17, 15) is 0 Å². The Morgan fingerprint density at radius 3 is 3.08 bits per heavy atom. The highest BCUT2D eigenvalue weighted by molar-refractivity contribution is 7.10. The number of thiophene rings is 1. The Bertz CT molecular complexity index is 239. The molecule has 1 heterocycles. The van der Waals surface area contributed by atoms with Crippen molar-refractivity contribution < 1.29 is 0 Å². The Kier molecular flexibility index (Phi) is 3.01. The van der Waals surface area contributed by atoms with E-state index in [0.29, 0.717) is 0 Å². The smallest absolute Gasteiger partial charge is 0.00739 e. The summed E-state index contributed by atoms with van der Waals surface area (Å²) in [6.07, 6.45) is 4.07. The minimum absolute atomic E-state index is 0.728. The Morgan fingerprint density at radius 2 is 2.46 bits per heavy atom. The number of rotatable bonds is 5. The summed E-state index contributed by atoms with van der Waals surface area (Å²) in [5.41, 5.74) is 0. The summed E-state index contributed by atoms with van der Waals surface area (Å²) in [5.74, 6) is 0.728. The van der Waals surface area contributed by atoms with E-state index in [4.69, 9.17) is 0 Å². The van der Waals surface area contributed by atoms with Gasteiger partial charge >= 0.3 is 0 Å². The summed E-state index contributed by atoms with van der Waals surface area (Å²) >= 11 is 1.88. The van der Waals surface area contributed by atoms with Gasteiger partial charge in [0.15, 0.2) is 0 Å². The third-order valence-corrected chi connectivity index (χ3v) is 3.72. The van der Waals surface area contributed by atoms with Crippen LogP contribution in [0.3, 0.4) is 0 Å². The van der Waals surface area contributed by atoms with Gasteiger partial charge in [0.25, 0.3) is 0 Å². The molecule has 1 aromatic heterocycles. The SMILES string of the molecule is CC(CCNC1CC1)c1cccs1. The monoisotopic (exact) mass is 195 g/mol. The first-order valence-corrected chi connectivity index (χ1v) is 6.01. The molecule has 0 amide bonds. The van der Waals surface area contributed by atoms with Gasteiger partial charge in [-0.15, -0.1) is 11.3 Å². The second-order valence-electron chi connectivity index (χ2n) is 3.93. The van der Waals surface area contributed by atoms with Crippen LogP contribution in [0, 0.1) is 0 Å². The average molecular weight is 195 g/mol. The molecule has 1 nitrogen and oxygen atoms in total. The predicted molar refractivity (Wildman–Crippen MR) is 58.4 cm³/mol. The fraction of sp³-hybridized carbons (Fsp3) is 0.636. The summed E-state index contributed by atoms with van der Waals surface area (Å²) in [4.78, 5) is 1.53. The number of hydrogen-bond donors (Lipinski definition) is 1. The number of nitrogens with one attached hydrogen (secondary N) is 1. The first-order chi connectivity index (χ1) is 6.36. The van der Waals surface area contributed by atoms with Gasteiger partial charge in [-0.3, -0.25) is 0 Å². The molecule has 13 heavy (non-hydrogen) atoms. The van der Waals surface area contributed by atoms with Crippen molar-refractivity contribution in [2.75, 3.05) is 6.54 Å².